The van der Waals surface area contributed by atoms with E-state index in [0.29, 0.717) is 17.8 Å². The second-order valence-corrected chi connectivity index (χ2v) is 5.09. The maximum atomic E-state index is 12.4. The lowest BCUT2D eigenvalue weighted by Gasteiger charge is -2.31. The summed E-state index contributed by atoms with van der Waals surface area (Å²) in [4.78, 5) is 16.6. The van der Waals surface area contributed by atoms with Crippen LogP contribution >= 0.6 is 0 Å². The lowest BCUT2D eigenvalue weighted by molar-refractivity contribution is 0.0895. The first-order chi connectivity index (χ1) is 9.55. The van der Waals surface area contributed by atoms with Gasteiger partial charge in [-0.1, -0.05) is 13.8 Å². The number of nitrogens with two attached hydrogens (primary N) is 1. The largest absolute Gasteiger partial charge is 0.345 e. The third-order valence-electron chi connectivity index (χ3n) is 3.99. The molecule has 0 atom stereocenters. The molecule has 1 amide bonds. The van der Waals surface area contributed by atoms with E-state index in [4.69, 9.17) is 5.73 Å². The fourth-order valence-corrected chi connectivity index (χ4v) is 2.22. The van der Waals surface area contributed by atoms with Gasteiger partial charge in [0, 0.05) is 23.8 Å². The van der Waals surface area contributed by atoms with E-state index in [-0.39, 0.29) is 11.4 Å². The van der Waals surface area contributed by atoms with E-state index in [2.05, 4.69) is 20.5 Å². The van der Waals surface area contributed by atoms with Gasteiger partial charge in [0.1, 0.15) is 0 Å². The van der Waals surface area contributed by atoms with Crippen LogP contribution in [-0.4, -0.2) is 33.2 Å². The van der Waals surface area contributed by atoms with Crippen molar-refractivity contribution >= 4 is 16.9 Å². The Labute approximate surface area is 118 Å². The van der Waals surface area contributed by atoms with E-state index >= 15 is 0 Å². The molecular weight excluding hydrogens is 254 g/mol. The van der Waals surface area contributed by atoms with Crippen molar-refractivity contribution in [1.29, 1.82) is 0 Å². The molecule has 6 nitrogen and oxygen atoms in total. The number of nitrogens with zero attached hydrogens (tertiary/aromatic N) is 2. The van der Waals surface area contributed by atoms with E-state index < -0.39 is 0 Å². The summed E-state index contributed by atoms with van der Waals surface area (Å²) in [6.45, 7) is 6.38. The number of H-pyrrole nitrogens is 1. The number of nitrogens with one attached hydrogen (secondary N) is 2. The Morgan fingerprint density at radius 2 is 2.15 bits per heavy atom. The average Bonchev–Trinajstić information content (AvgIpc) is 2.86. The predicted molar refractivity (Wildman–Crippen MR) is 78.5 cm³/mol. The molecule has 0 saturated carbocycles. The molecule has 2 aromatic heterocycles. The highest BCUT2D eigenvalue weighted by molar-refractivity contribution is 5.97. The van der Waals surface area contributed by atoms with Crippen LogP contribution in [-0.2, 0) is 0 Å². The minimum absolute atomic E-state index is 0.144. The van der Waals surface area contributed by atoms with Gasteiger partial charge >= 0.3 is 0 Å². The molecule has 4 N–H and O–H groups in total. The van der Waals surface area contributed by atoms with E-state index in [9.17, 15) is 4.79 Å². The lowest BCUT2D eigenvalue weighted by atomic mass is 9.92. The predicted octanol–water partition coefficient (Wildman–Crippen LogP) is 1.51. The molecule has 20 heavy (non-hydrogen) atoms. The number of hydrogen-bond donors (Lipinski definition) is 3. The first-order valence-electron chi connectivity index (χ1n) is 6.88. The van der Waals surface area contributed by atoms with Crippen LogP contribution in [0.25, 0.3) is 11.0 Å². The molecule has 0 aromatic carbocycles. The molecule has 108 valence electrons. The number of aromatic nitrogens is 3. The zero-order valence-corrected chi connectivity index (χ0v) is 12.2. The molecule has 2 heterocycles. The van der Waals surface area contributed by atoms with Gasteiger partial charge in [-0.2, -0.15) is 5.10 Å². The van der Waals surface area contributed by atoms with Gasteiger partial charge in [-0.05, 0) is 25.8 Å². The molecule has 2 rings (SSSR count). The van der Waals surface area contributed by atoms with Crippen molar-refractivity contribution in [3.63, 3.8) is 0 Å². The highest BCUT2D eigenvalue weighted by atomic mass is 16.1. The van der Waals surface area contributed by atoms with Crippen molar-refractivity contribution in [2.45, 2.75) is 39.2 Å². The number of pyridine rings is 1. The van der Waals surface area contributed by atoms with Crippen LogP contribution in [0.3, 0.4) is 0 Å². The third-order valence-corrected chi connectivity index (χ3v) is 3.99. The number of aryl methyl sites for hydroxylation is 1. The monoisotopic (exact) mass is 275 g/mol. The van der Waals surface area contributed by atoms with Crippen LogP contribution in [0.15, 0.2) is 12.3 Å². The van der Waals surface area contributed by atoms with E-state index in [1.165, 1.54) is 0 Å². The summed E-state index contributed by atoms with van der Waals surface area (Å²) in [6, 6.07) is 1.81. The normalized spacial score (nSPS) is 11.8. The molecular formula is C14H21N5O. The third kappa shape index (κ3) is 2.51. The van der Waals surface area contributed by atoms with Crippen LogP contribution in [0.1, 0.15) is 42.7 Å². The van der Waals surface area contributed by atoms with Gasteiger partial charge in [-0.3, -0.25) is 9.89 Å². The molecule has 0 aliphatic carbocycles. The number of aromatic amines is 1. The van der Waals surface area contributed by atoms with Gasteiger partial charge in [-0.25, -0.2) is 4.98 Å². The Morgan fingerprint density at radius 3 is 2.75 bits per heavy atom. The van der Waals surface area contributed by atoms with Crippen LogP contribution in [0.2, 0.25) is 0 Å². The number of rotatable bonds is 5. The van der Waals surface area contributed by atoms with Gasteiger partial charge in [0.05, 0.1) is 11.1 Å². The second-order valence-electron chi connectivity index (χ2n) is 5.09. The molecule has 0 aliphatic heterocycles. The Balaban J connectivity index is 2.29. The summed E-state index contributed by atoms with van der Waals surface area (Å²) in [5.74, 6) is -0.144. The van der Waals surface area contributed by atoms with Gasteiger partial charge in [0.15, 0.2) is 5.65 Å². The quantitative estimate of drug-likeness (QED) is 0.770. The smallest absolute Gasteiger partial charge is 0.253 e. The van der Waals surface area contributed by atoms with E-state index in [0.717, 1.165) is 23.9 Å². The van der Waals surface area contributed by atoms with Gasteiger partial charge in [0.2, 0.25) is 0 Å². The van der Waals surface area contributed by atoms with Crippen LogP contribution in [0.4, 0.5) is 0 Å². The summed E-state index contributed by atoms with van der Waals surface area (Å²) in [5, 5.41) is 10.8. The molecule has 0 aliphatic rings. The summed E-state index contributed by atoms with van der Waals surface area (Å²) in [6.07, 6.45) is 3.14. The summed E-state index contributed by atoms with van der Waals surface area (Å²) in [5.41, 5.74) is 7.51. The van der Waals surface area contributed by atoms with Crippen molar-refractivity contribution in [3.8, 4) is 0 Å². The van der Waals surface area contributed by atoms with Crippen molar-refractivity contribution in [3.05, 3.63) is 23.5 Å². The van der Waals surface area contributed by atoms with Crippen LogP contribution in [0, 0.1) is 6.92 Å². The molecule has 6 heteroatoms. The van der Waals surface area contributed by atoms with E-state index in [1.807, 2.05) is 26.8 Å². The van der Waals surface area contributed by atoms with Gasteiger partial charge < -0.3 is 11.1 Å². The average molecular weight is 275 g/mol. The summed E-state index contributed by atoms with van der Waals surface area (Å²) >= 11 is 0. The van der Waals surface area contributed by atoms with Crippen LogP contribution in [0.5, 0.6) is 0 Å². The molecule has 0 unspecified atom stereocenters. The Kier molecular flexibility index (Phi) is 4.04. The summed E-state index contributed by atoms with van der Waals surface area (Å²) < 4.78 is 0. The highest BCUT2D eigenvalue weighted by Crippen LogP contribution is 2.17. The minimum atomic E-state index is -0.350. The number of amides is 1. The molecule has 0 spiro atoms. The number of carbonyl (C=O) groups excluding carboxylic acids is 1. The first-order valence-corrected chi connectivity index (χ1v) is 6.88. The number of hydrogen-bond acceptors (Lipinski definition) is 4. The molecule has 0 radical (unpaired) electrons. The zero-order valence-electron chi connectivity index (χ0n) is 12.2. The van der Waals surface area contributed by atoms with Crippen molar-refractivity contribution in [1.82, 2.24) is 20.5 Å². The van der Waals surface area contributed by atoms with Gasteiger partial charge in [-0.15, -0.1) is 0 Å². The Morgan fingerprint density at radius 1 is 1.45 bits per heavy atom. The lowest BCUT2D eigenvalue weighted by Crippen LogP contribution is -2.52. The molecule has 0 saturated heterocycles. The zero-order chi connectivity index (χ0) is 14.8. The Hall–Kier alpha value is -1.95. The standard InChI is InChI=1S/C14H21N5O/c1-4-14(5-2,8-15)17-13(20)10-6-11-9(3)18-19-12(11)16-7-10/h6-7H,4-5,8,15H2,1-3H3,(H,17,20)(H,16,18,19). The SMILES string of the molecule is CCC(CC)(CN)NC(=O)c1cnc2n[nH]c(C)c2c1. The first kappa shape index (κ1) is 14.5. The highest BCUT2D eigenvalue weighted by Gasteiger charge is 2.27. The summed E-state index contributed by atoms with van der Waals surface area (Å²) in [7, 11) is 0. The van der Waals surface area contributed by atoms with Crippen molar-refractivity contribution in [2.75, 3.05) is 6.54 Å². The molecule has 0 fully saturated rings. The Bertz CT molecular complexity index is 607. The minimum Gasteiger partial charge on any atom is -0.345 e. The van der Waals surface area contributed by atoms with E-state index in [1.54, 1.807) is 6.20 Å². The molecule has 0 bridgehead atoms. The second kappa shape index (κ2) is 5.58. The fraction of sp³-hybridized carbons (Fsp3) is 0.500. The fourth-order valence-electron chi connectivity index (χ4n) is 2.22. The topological polar surface area (TPSA) is 96.7 Å². The van der Waals surface area contributed by atoms with Crippen molar-refractivity contribution < 1.29 is 4.79 Å². The van der Waals surface area contributed by atoms with Crippen molar-refractivity contribution in [2.24, 2.45) is 5.73 Å². The maximum absolute atomic E-state index is 12.4. The van der Waals surface area contributed by atoms with Crippen LogP contribution < -0.4 is 11.1 Å². The maximum Gasteiger partial charge on any atom is 0.253 e. The molecule has 2 aromatic rings. The van der Waals surface area contributed by atoms with Gasteiger partial charge in [0.25, 0.3) is 5.91 Å². The number of carbonyl (C=O) groups is 1. The number of fused-ring (bicyclic) bond motifs is 1.